The topological polar surface area (TPSA) is 69.4 Å². The molecule has 0 aliphatic heterocycles. The minimum absolute atomic E-state index is 0.0923. The van der Waals surface area contributed by atoms with Crippen molar-refractivity contribution in [3.8, 4) is 0 Å². The fraction of sp³-hybridized carbons (Fsp3) is 0.154. The molecule has 31 heavy (non-hydrogen) atoms. The molecule has 0 aromatic heterocycles. The van der Waals surface area contributed by atoms with Crippen LogP contribution < -0.4 is 0 Å². The Balaban J connectivity index is 1.59. The Kier molecular flexibility index (Phi) is 4.83. The molecule has 1 atom stereocenters. The predicted octanol–water partition coefficient (Wildman–Crippen LogP) is 5.65. The molecule has 5 heteroatoms. The number of hydrogen-bond donors (Lipinski definition) is 0. The van der Waals surface area contributed by atoms with Gasteiger partial charge in [0.25, 0.3) is 5.69 Å². The molecular weight excluding hydrogens is 390 g/mol. The van der Waals surface area contributed by atoms with E-state index in [2.05, 4.69) is 5.94 Å². The summed E-state index contributed by atoms with van der Waals surface area (Å²) in [4.78, 5) is 22.8. The minimum atomic E-state index is -0.354. The van der Waals surface area contributed by atoms with E-state index in [1.54, 1.807) is 12.1 Å². The van der Waals surface area contributed by atoms with Crippen LogP contribution in [-0.2, 0) is 22.6 Å². The van der Waals surface area contributed by atoms with E-state index in [-0.39, 0.29) is 16.7 Å². The van der Waals surface area contributed by atoms with E-state index in [4.69, 9.17) is 4.74 Å². The van der Waals surface area contributed by atoms with E-state index in [1.165, 1.54) is 6.07 Å². The van der Waals surface area contributed by atoms with Crippen LogP contribution in [0.3, 0.4) is 0 Å². The molecule has 1 aliphatic carbocycles. The Morgan fingerprint density at radius 1 is 0.871 bits per heavy atom. The van der Waals surface area contributed by atoms with E-state index in [1.807, 2.05) is 54.6 Å². The lowest BCUT2D eigenvalue weighted by Crippen LogP contribution is -2.22. The largest absolute Gasteiger partial charge is 0.373 e. The van der Waals surface area contributed by atoms with Crippen LogP contribution >= 0.6 is 0 Å². The first-order valence-corrected chi connectivity index (χ1v) is 10.2. The summed E-state index contributed by atoms with van der Waals surface area (Å²) in [5, 5.41) is 14.8. The first-order chi connectivity index (χ1) is 15.2. The van der Waals surface area contributed by atoms with Crippen molar-refractivity contribution < 1.29 is 14.5 Å². The highest BCUT2D eigenvalue weighted by Gasteiger charge is 2.26. The molecule has 0 heterocycles. The van der Waals surface area contributed by atoms with Gasteiger partial charge < -0.3 is 4.74 Å². The molecule has 1 unspecified atom stereocenters. The number of hydrogen-bond acceptors (Lipinski definition) is 4. The van der Waals surface area contributed by atoms with Crippen LogP contribution in [0.1, 0.15) is 23.1 Å². The first kappa shape index (κ1) is 19.2. The molecule has 5 nitrogen and oxygen atoms in total. The second-order valence-corrected chi connectivity index (χ2v) is 7.79. The van der Waals surface area contributed by atoms with Crippen LogP contribution in [-0.4, -0.2) is 17.0 Å². The lowest BCUT2D eigenvalue weighted by molar-refractivity contribution is -0.383. The van der Waals surface area contributed by atoms with Gasteiger partial charge in [0.2, 0.25) is 0 Å². The Hall–Kier alpha value is -3.79. The second-order valence-electron chi connectivity index (χ2n) is 7.79. The third kappa shape index (κ3) is 3.40. The summed E-state index contributed by atoms with van der Waals surface area (Å²) in [6.45, 7) is 0.479. The summed E-state index contributed by atoms with van der Waals surface area (Å²) in [5.74, 6) is 2.11. The number of fused-ring (bicyclic) bond motifs is 5. The lowest BCUT2D eigenvalue weighted by Gasteiger charge is -2.27. The molecule has 0 amide bonds. The van der Waals surface area contributed by atoms with E-state index in [9.17, 15) is 14.9 Å². The maximum Gasteiger partial charge on any atom is 0.277 e. The molecule has 0 saturated heterocycles. The van der Waals surface area contributed by atoms with Crippen molar-refractivity contribution in [1.82, 2.24) is 0 Å². The number of ether oxygens (including phenoxy) is 1. The number of nitro benzene ring substituents is 1. The molecule has 0 fully saturated rings. The summed E-state index contributed by atoms with van der Waals surface area (Å²) in [5.41, 5.74) is 3.72. The smallest absolute Gasteiger partial charge is 0.277 e. The molecule has 4 aromatic rings. The fourth-order valence-electron chi connectivity index (χ4n) is 4.52. The predicted molar refractivity (Wildman–Crippen MR) is 121 cm³/mol. The van der Waals surface area contributed by atoms with Gasteiger partial charge in [0.15, 0.2) is 0 Å². The normalized spacial score (nSPS) is 15.6. The lowest BCUT2D eigenvalue weighted by atomic mass is 9.82. The summed E-state index contributed by atoms with van der Waals surface area (Å²) in [7, 11) is 0. The molecule has 0 radical (unpaired) electrons. The molecule has 1 aliphatic rings. The molecular formula is C26H19NO4. The molecule has 152 valence electrons. The SMILES string of the molecule is O=C=C1CC(OCc2ccccc2)Cc2c1ccc1c2ccc2c([N+](=O)[O-])cccc21. The van der Waals surface area contributed by atoms with Crippen molar-refractivity contribution in [1.29, 1.82) is 0 Å². The fourth-order valence-corrected chi connectivity index (χ4v) is 4.52. The molecule has 0 N–H and O–H groups in total. The van der Waals surface area contributed by atoms with Crippen LogP contribution in [0, 0.1) is 10.1 Å². The monoisotopic (exact) mass is 409 g/mol. The Morgan fingerprint density at radius 3 is 2.39 bits per heavy atom. The molecule has 5 rings (SSSR count). The average Bonchev–Trinajstić information content (AvgIpc) is 2.81. The quantitative estimate of drug-likeness (QED) is 0.189. The Morgan fingerprint density at radius 2 is 1.61 bits per heavy atom. The summed E-state index contributed by atoms with van der Waals surface area (Å²) >= 11 is 0. The summed E-state index contributed by atoms with van der Waals surface area (Å²) in [6.07, 6.45) is 1.06. The highest BCUT2D eigenvalue weighted by molar-refractivity contribution is 6.12. The van der Waals surface area contributed by atoms with Gasteiger partial charge in [-0.1, -0.05) is 60.7 Å². The van der Waals surface area contributed by atoms with Gasteiger partial charge in [-0.15, -0.1) is 0 Å². The maximum absolute atomic E-state index is 11.7. The number of nitro groups is 1. The van der Waals surface area contributed by atoms with Crippen molar-refractivity contribution in [3.05, 3.63) is 99.6 Å². The third-order valence-electron chi connectivity index (χ3n) is 5.98. The zero-order valence-corrected chi connectivity index (χ0v) is 16.7. The zero-order valence-electron chi connectivity index (χ0n) is 16.7. The second kappa shape index (κ2) is 7.80. The van der Waals surface area contributed by atoms with Crippen molar-refractivity contribution in [2.45, 2.75) is 25.6 Å². The van der Waals surface area contributed by atoms with Gasteiger partial charge in [-0.2, -0.15) is 0 Å². The molecule has 4 aromatic carbocycles. The van der Waals surface area contributed by atoms with E-state index in [0.29, 0.717) is 30.4 Å². The first-order valence-electron chi connectivity index (χ1n) is 10.2. The third-order valence-corrected chi connectivity index (χ3v) is 5.98. The summed E-state index contributed by atoms with van der Waals surface area (Å²) < 4.78 is 6.16. The number of non-ortho nitro benzene ring substituents is 1. The van der Waals surface area contributed by atoms with Gasteiger partial charge in [-0.25, -0.2) is 4.79 Å². The molecule has 0 bridgehead atoms. The van der Waals surface area contributed by atoms with Crippen molar-refractivity contribution in [3.63, 3.8) is 0 Å². The minimum Gasteiger partial charge on any atom is -0.373 e. The van der Waals surface area contributed by atoms with Crippen molar-refractivity contribution in [2.75, 3.05) is 0 Å². The molecule has 0 spiro atoms. The summed E-state index contributed by atoms with van der Waals surface area (Å²) in [6, 6.07) is 22.7. The Labute approximate surface area is 178 Å². The number of carbonyl (C=O) groups excluding carboxylic acids is 1. The van der Waals surface area contributed by atoms with Gasteiger partial charge in [-0.3, -0.25) is 10.1 Å². The highest BCUT2D eigenvalue weighted by Crippen LogP contribution is 2.39. The highest BCUT2D eigenvalue weighted by atomic mass is 16.6. The van der Waals surface area contributed by atoms with Crippen LogP contribution in [0.5, 0.6) is 0 Å². The number of nitrogens with zero attached hydrogens (tertiary/aromatic N) is 1. The van der Waals surface area contributed by atoms with Crippen LogP contribution in [0.15, 0.2) is 72.8 Å². The average molecular weight is 409 g/mol. The van der Waals surface area contributed by atoms with Gasteiger partial charge in [0.05, 0.1) is 23.0 Å². The van der Waals surface area contributed by atoms with E-state index >= 15 is 0 Å². The van der Waals surface area contributed by atoms with Gasteiger partial charge >= 0.3 is 0 Å². The molecule has 0 saturated carbocycles. The van der Waals surface area contributed by atoms with Gasteiger partial charge in [0.1, 0.15) is 5.94 Å². The maximum atomic E-state index is 11.7. The van der Waals surface area contributed by atoms with Gasteiger partial charge in [0, 0.05) is 24.5 Å². The van der Waals surface area contributed by atoms with Crippen molar-refractivity contribution >= 4 is 38.7 Å². The van der Waals surface area contributed by atoms with Crippen molar-refractivity contribution in [2.24, 2.45) is 0 Å². The zero-order chi connectivity index (χ0) is 21.4. The van der Waals surface area contributed by atoms with Crippen LogP contribution in [0.25, 0.3) is 27.1 Å². The standard InChI is InChI=1S/C26H19NO4/c28-15-18-13-19(31-16-17-5-2-1-3-6-17)14-25-20(18)9-10-22-21-7-4-8-26(27(29)30)24(21)12-11-23(22)25/h1-12,19H,13-14,16H2. The number of rotatable bonds is 4. The van der Waals surface area contributed by atoms with Gasteiger partial charge in [-0.05, 0) is 38.9 Å². The van der Waals surface area contributed by atoms with Crippen LogP contribution in [0.2, 0.25) is 0 Å². The van der Waals surface area contributed by atoms with E-state index in [0.717, 1.165) is 32.8 Å². The Bertz CT molecular complexity index is 1370. The van der Waals surface area contributed by atoms with E-state index < -0.39 is 0 Å². The number of benzene rings is 4. The van der Waals surface area contributed by atoms with Crippen LogP contribution in [0.4, 0.5) is 5.69 Å².